The Kier molecular flexibility index (Phi) is 3.80. The summed E-state index contributed by atoms with van der Waals surface area (Å²) < 4.78 is 5.57. The lowest BCUT2D eigenvalue weighted by Crippen LogP contribution is -2.25. The molecule has 1 aliphatic rings. The molecule has 0 atom stereocenters. The van der Waals surface area contributed by atoms with Crippen LogP contribution in [-0.4, -0.2) is 29.1 Å². The number of aryl methyl sites for hydroxylation is 1. The van der Waals surface area contributed by atoms with Crippen molar-refractivity contribution < 1.29 is 14.3 Å². The lowest BCUT2D eigenvalue weighted by Gasteiger charge is -2.17. The molecule has 1 aliphatic heterocycles. The van der Waals surface area contributed by atoms with Crippen LogP contribution in [0.25, 0.3) is 0 Å². The summed E-state index contributed by atoms with van der Waals surface area (Å²) in [7, 11) is 0. The highest BCUT2D eigenvalue weighted by molar-refractivity contribution is 5.88. The van der Waals surface area contributed by atoms with Gasteiger partial charge in [-0.2, -0.15) is 0 Å². The van der Waals surface area contributed by atoms with E-state index in [1.165, 1.54) is 11.1 Å². The molecule has 0 amide bonds. The molecule has 1 aromatic carbocycles. The molecule has 4 heteroatoms. The molecule has 2 aromatic rings. The molecule has 0 saturated carbocycles. The Balaban J connectivity index is 1.70. The Labute approximate surface area is 124 Å². The predicted octanol–water partition coefficient (Wildman–Crippen LogP) is 2.89. The number of carbonyl (C=O) groups is 1. The van der Waals surface area contributed by atoms with Gasteiger partial charge >= 0.3 is 5.97 Å². The van der Waals surface area contributed by atoms with Gasteiger partial charge in [-0.05, 0) is 37.0 Å². The maximum absolute atomic E-state index is 11.1. The summed E-state index contributed by atoms with van der Waals surface area (Å²) in [4.78, 5) is 13.4. The van der Waals surface area contributed by atoms with Crippen molar-refractivity contribution in [2.75, 3.05) is 13.1 Å². The van der Waals surface area contributed by atoms with Gasteiger partial charge in [0, 0.05) is 13.1 Å². The third kappa shape index (κ3) is 3.00. The fourth-order valence-electron chi connectivity index (χ4n) is 2.93. The molecule has 1 N–H and O–H groups in total. The molecule has 0 spiro atoms. The van der Waals surface area contributed by atoms with Crippen molar-refractivity contribution in [3.8, 4) is 0 Å². The molecule has 2 heterocycles. The molecule has 110 valence electrons. The van der Waals surface area contributed by atoms with Crippen LogP contribution in [0.3, 0.4) is 0 Å². The van der Waals surface area contributed by atoms with E-state index in [-0.39, 0.29) is 5.56 Å². The molecule has 1 aromatic heterocycles. The van der Waals surface area contributed by atoms with Crippen LogP contribution in [-0.2, 0) is 19.4 Å². The molecule has 0 bridgehead atoms. The van der Waals surface area contributed by atoms with Crippen LogP contribution in [0.5, 0.6) is 0 Å². The Bertz CT molecular complexity index is 633. The minimum Gasteiger partial charge on any atom is -0.478 e. The Morgan fingerprint density at radius 1 is 1.24 bits per heavy atom. The molecule has 4 nitrogen and oxygen atoms in total. The van der Waals surface area contributed by atoms with E-state index in [1.54, 1.807) is 13.0 Å². The summed E-state index contributed by atoms with van der Waals surface area (Å²) >= 11 is 0. The normalized spacial score (nSPS) is 15.5. The van der Waals surface area contributed by atoms with E-state index in [1.807, 2.05) is 0 Å². The van der Waals surface area contributed by atoms with Crippen LogP contribution in [0.2, 0.25) is 0 Å². The molecule has 21 heavy (non-hydrogen) atoms. The van der Waals surface area contributed by atoms with Crippen LogP contribution in [0.1, 0.15) is 33.0 Å². The number of rotatable bonds is 3. The van der Waals surface area contributed by atoms with E-state index in [0.29, 0.717) is 12.3 Å². The van der Waals surface area contributed by atoms with Gasteiger partial charge in [0.25, 0.3) is 0 Å². The van der Waals surface area contributed by atoms with Crippen molar-refractivity contribution in [2.45, 2.75) is 26.3 Å². The van der Waals surface area contributed by atoms with Gasteiger partial charge < -0.3 is 9.52 Å². The van der Waals surface area contributed by atoms with Gasteiger partial charge in [-0.1, -0.05) is 24.3 Å². The van der Waals surface area contributed by atoms with Crippen molar-refractivity contribution in [1.82, 2.24) is 4.90 Å². The fourth-order valence-corrected chi connectivity index (χ4v) is 2.93. The van der Waals surface area contributed by atoms with Gasteiger partial charge in [0.1, 0.15) is 17.1 Å². The van der Waals surface area contributed by atoms with E-state index in [4.69, 9.17) is 9.52 Å². The van der Waals surface area contributed by atoms with Crippen molar-refractivity contribution in [2.24, 2.45) is 0 Å². The highest BCUT2D eigenvalue weighted by atomic mass is 16.4. The molecule has 0 saturated heterocycles. The smallest absolute Gasteiger partial charge is 0.339 e. The average molecular weight is 285 g/mol. The number of hydrogen-bond acceptors (Lipinski definition) is 3. The van der Waals surface area contributed by atoms with E-state index >= 15 is 0 Å². The van der Waals surface area contributed by atoms with Crippen molar-refractivity contribution in [3.05, 3.63) is 58.5 Å². The fraction of sp³-hybridized carbons (Fsp3) is 0.353. The first-order valence-electron chi connectivity index (χ1n) is 7.25. The number of furan rings is 1. The monoisotopic (exact) mass is 285 g/mol. The quantitative estimate of drug-likeness (QED) is 0.942. The summed E-state index contributed by atoms with van der Waals surface area (Å²) in [6.07, 6.45) is 2.06. The van der Waals surface area contributed by atoms with Gasteiger partial charge in [0.15, 0.2) is 0 Å². The summed E-state index contributed by atoms with van der Waals surface area (Å²) in [5.41, 5.74) is 3.10. The van der Waals surface area contributed by atoms with E-state index < -0.39 is 5.97 Å². The number of aromatic carboxylic acids is 1. The van der Waals surface area contributed by atoms with Gasteiger partial charge in [-0.25, -0.2) is 4.79 Å². The summed E-state index contributed by atoms with van der Waals surface area (Å²) in [6, 6.07) is 10.2. The highest BCUT2D eigenvalue weighted by Gasteiger charge is 2.18. The Hall–Kier alpha value is -2.07. The van der Waals surface area contributed by atoms with Crippen LogP contribution < -0.4 is 0 Å². The second kappa shape index (κ2) is 5.74. The van der Waals surface area contributed by atoms with Gasteiger partial charge in [-0.3, -0.25) is 4.90 Å². The molecule has 3 rings (SSSR count). The van der Waals surface area contributed by atoms with E-state index in [0.717, 1.165) is 31.7 Å². The predicted molar refractivity (Wildman–Crippen MR) is 79.5 cm³/mol. The van der Waals surface area contributed by atoms with E-state index in [9.17, 15) is 4.79 Å². The van der Waals surface area contributed by atoms with Gasteiger partial charge in [-0.15, -0.1) is 0 Å². The van der Waals surface area contributed by atoms with Gasteiger partial charge in [0.05, 0.1) is 6.54 Å². The molecule has 0 unspecified atom stereocenters. The topological polar surface area (TPSA) is 53.7 Å². The first-order valence-corrected chi connectivity index (χ1v) is 7.25. The van der Waals surface area contributed by atoms with Crippen LogP contribution >= 0.6 is 0 Å². The summed E-state index contributed by atoms with van der Waals surface area (Å²) in [5, 5.41) is 9.07. The SMILES string of the molecule is Cc1oc(CN2CCc3ccccc3CC2)cc1C(=O)O. The van der Waals surface area contributed by atoms with Gasteiger partial charge in [0.2, 0.25) is 0 Å². The second-order valence-corrected chi connectivity index (χ2v) is 5.53. The highest BCUT2D eigenvalue weighted by Crippen LogP contribution is 2.20. The number of fused-ring (bicyclic) bond motifs is 1. The number of carboxylic acid groups (broad SMARTS) is 1. The minimum absolute atomic E-state index is 0.267. The third-order valence-electron chi connectivity index (χ3n) is 4.09. The van der Waals surface area contributed by atoms with Crippen LogP contribution in [0.15, 0.2) is 34.7 Å². The van der Waals surface area contributed by atoms with Crippen LogP contribution in [0, 0.1) is 6.92 Å². The lowest BCUT2D eigenvalue weighted by molar-refractivity contribution is 0.0695. The number of hydrogen-bond donors (Lipinski definition) is 1. The molecular formula is C17H19NO3. The molecule has 0 aliphatic carbocycles. The Morgan fingerprint density at radius 3 is 2.38 bits per heavy atom. The average Bonchev–Trinajstić information content (AvgIpc) is 2.71. The zero-order valence-corrected chi connectivity index (χ0v) is 12.1. The van der Waals surface area contributed by atoms with E-state index in [2.05, 4.69) is 29.2 Å². The molecule has 0 radical (unpaired) electrons. The number of benzene rings is 1. The first kappa shape index (κ1) is 13.9. The third-order valence-corrected chi connectivity index (χ3v) is 4.09. The first-order chi connectivity index (χ1) is 10.1. The number of nitrogens with zero attached hydrogens (tertiary/aromatic N) is 1. The molecular weight excluding hydrogens is 266 g/mol. The molecule has 0 fully saturated rings. The van der Waals surface area contributed by atoms with Crippen LogP contribution in [0.4, 0.5) is 0 Å². The maximum Gasteiger partial charge on any atom is 0.339 e. The minimum atomic E-state index is -0.925. The maximum atomic E-state index is 11.1. The van der Waals surface area contributed by atoms with Crippen molar-refractivity contribution in [3.63, 3.8) is 0 Å². The largest absolute Gasteiger partial charge is 0.478 e. The summed E-state index contributed by atoms with van der Waals surface area (Å²) in [5.74, 6) is 0.289. The van der Waals surface area contributed by atoms with Crippen molar-refractivity contribution in [1.29, 1.82) is 0 Å². The summed E-state index contributed by atoms with van der Waals surface area (Å²) in [6.45, 7) is 4.31. The Morgan fingerprint density at radius 2 is 1.86 bits per heavy atom. The zero-order chi connectivity index (χ0) is 14.8. The second-order valence-electron chi connectivity index (χ2n) is 5.53. The van der Waals surface area contributed by atoms with Crippen molar-refractivity contribution >= 4 is 5.97 Å². The zero-order valence-electron chi connectivity index (χ0n) is 12.1. The standard InChI is InChI=1S/C17H19NO3/c1-12-16(17(19)20)10-15(21-12)11-18-8-6-13-4-2-3-5-14(13)7-9-18/h2-5,10H,6-9,11H2,1H3,(H,19,20). The lowest BCUT2D eigenvalue weighted by atomic mass is 10.0. The number of carboxylic acids is 1.